The molecule has 126 valence electrons. The van der Waals surface area contributed by atoms with Gasteiger partial charge in [0.05, 0.1) is 0 Å². The Morgan fingerprint density at radius 2 is 1.17 bits per heavy atom. The molecule has 0 amide bonds. The number of aryl methyl sites for hydroxylation is 1. The van der Waals surface area contributed by atoms with Gasteiger partial charge in [-0.15, -0.1) is 0 Å². The Morgan fingerprint density at radius 3 is 1.61 bits per heavy atom. The average molecular weight is 422 g/mol. The van der Waals surface area contributed by atoms with Crippen LogP contribution in [-0.4, -0.2) is 4.93 Å². The van der Waals surface area contributed by atoms with Gasteiger partial charge >= 0.3 is 150 Å². The Labute approximate surface area is 150 Å². The van der Waals surface area contributed by atoms with Crippen LogP contribution in [0.15, 0.2) is 42.5 Å². The third-order valence-electron chi connectivity index (χ3n) is 4.37. The van der Waals surface area contributed by atoms with Crippen molar-refractivity contribution < 1.29 is 0 Å². The van der Waals surface area contributed by atoms with E-state index < -0.39 is 19.8 Å². The van der Waals surface area contributed by atoms with E-state index >= 15 is 0 Å². The molecule has 23 heavy (non-hydrogen) atoms. The molecule has 0 spiro atoms. The molecule has 0 aliphatic heterocycles. The fourth-order valence-corrected chi connectivity index (χ4v) is 6.95. The number of hydrogen-bond donors (Lipinski definition) is 0. The molecule has 0 atom stereocenters. The Balaban J connectivity index is 2.32. The van der Waals surface area contributed by atoms with Gasteiger partial charge in [0.15, 0.2) is 0 Å². The molecule has 0 saturated heterocycles. The topological polar surface area (TPSA) is 0 Å². The van der Waals surface area contributed by atoms with Crippen LogP contribution in [0.2, 0.25) is 0 Å². The van der Waals surface area contributed by atoms with Crippen molar-refractivity contribution in [3.63, 3.8) is 0 Å². The first kappa shape index (κ1) is 18.5. The molecule has 0 saturated carbocycles. The second kappa shape index (κ2) is 6.58. The Hall–Kier alpha value is -0.830. The van der Waals surface area contributed by atoms with Gasteiger partial charge in [-0.3, -0.25) is 0 Å². The quantitative estimate of drug-likeness (QED) is 0.370. The van der Waals surface area contributed by atoms with Crippen LogP contribution < -0.4 is 0 Å². The van der Waals surface area contributed by atoms with Gasteiger partial charge in [-0.25, -0.2) is 0 Å². The van der Waals surface area contributed by atoms with Gasteiger partial charge in [0.25, 0.3) is 0 Å². The van der Waals surface area contributed by atoms with Crippen LogP contribution in [0.3, 0.4) is 0 Å². The summed E-state index contributed by atoms with van der Waals surface area (Å²) in [5.41, 5.74) is 4.78. The van der Waals surface area contributed by atoms with Crippen molar-refractivity contribution in [2.45, 2.75) is 59.3 Å². The van der Waals surface area contributed by atoms with E-state index in [2.05, 4.69) is 95.9 Å². The van der Waals surface area contributed by atoms with Gasteiger partial charge in [0, 0.05) is 0 Å². The fraction of sp³-hybridized carbons (Fsp3) is 0.455. The molecule has 0 aromatic heterocycles. The third-order valence-corrected chi connectivity index (χ3v) is 9.91. The standard InChI is InChI=1S/C22H31I/c1-16-15-18(22(5,6)7)11-14-20(16)23(8)19-12-9-17(10-13-19)21(2,3)4/h9-15H,1-8H3. The van der Waals surface area contributed by atoms with Gasteiger partial charge in [-0.2, -0.15) is 0 Å². The van der Waals surface area contributed by atoms with E-state index in [1.165, 1.54) is 16.7 Å². The molecule has 2 rings (SSSR count). The molecule has 0 radical (unpaired) electrons. The summed E-state index contributed by atoms with van der Waals surface area (Å²) in [6.07, 6.45) is 0. The van der Waals surface area contributed by atoms with E-state index in [0.29, 0.717) is 0 Å². The Kier molecular flexibility index (Phi) is 5.30. The molecule has 0 aliphatic carbocycles. The second-order valence-electron chi connectivity index (χ2n) is 8.44. The molecule has 0 fully saturated rings. The molecule has 0 aliphatic rings. The van der Waals surface area contributed by atoms with Crippen LogP contribution in [0.5, 0.6) is 0 Å². The van der Waals surface area contributed by atoms with Crippen molar-refractivity contribution in [2.24, 2.45) is 0 Å². The van der Waals surface area contributed by atoms with Crippen molar-refractivity contribution in [3.05, 3.63) is 66.3 Å². The molecule has 2 aromatic carbocycles. The number of hydrogen-bond acceptors (Lipinski definition) is 0. The van der Waals surface area contributed by atoms with E-state index in [9.17, 15) is 0 Å². The summed E-state index contributed by atoms with van der Waals surface area (Å²) in [4.78, 5) is 2.47. The molecular formula is C22H31I. The van der Waals surface area contributed by atoms with Crippen LogP contribution >= 0.6 is 19.8 Å². The number of halogens is 1. The van der Waals surface area contributed by atoms with E-state index in [1.54, 1.807) is 7.14 Å². The number of benzene rings is 2. The van der Waals surface area contributed by atoms with Gasteiger partial charge in [-0.1, -0.05) is 0 Å². The summed E-state index contributed by atoms with van der Waals surface area (Å²) in [6.45, 7) is 16.0. The van der Waals surface area contributed by atoms with Gasteiger partial charge in [-0.05, 0) is 0 Å². The molecular weight excluding hydrogens is 391 g/mol. The van der Waals surface area contributed by atoms with Crippen LogP contribution in [0.1, 0.15) is 58.2 Å². The SMILES string of the molecule is Cc1cc(C(C)(C)C)ccc1I(C)c1ccc(C(C)(C)C)cc1. The van der Waals surface area contributed by atoms with Crippen molar-refractivity contribution in [3.8, 4) is 0 Å². The van der Waals surface area contributed by atoms with E-state index in [4.69, 9.17) is 0 Å². The van der Waals surface area contributed by atoms with Gasteiger partial charge in [0.1, 0.15) is 0 Å². The van der Waals surface area contributed by atoms with Gasteiger partial charge in [0.2, 0.25) is 0 Å². The van der Waals surface area contributed by atoms with Crippen molar-refractivity contribution in [2.75, 3.05) is 4.93 Å². The summed E-state index contributed by atoms with van der Waals surface area (Å²) >= 11 is -1.30. The molecule has 0 nitrogen and oxygen atoms in total. The molecule has 0 bridgehead atoms. The van der Waals surface area contributed by atoms with Crippen LogP contribution in [0.25, 0.3) is 0 Å². The maximum atomic E-state index is 2.47. The van der Waals surface area contributed by atoms with E-state index in [1.807, 2.05) is 0 Å². The first-order valence-electron chi connectivity index (χ1n) is 8.32. The van der Waals surface area contributed by atoms with E-state index in [0.717, 1.165) is 0 Å². The van der Waals surface area contributed by atoms with E-state index in [-0.39, 0.29) is 10.8 Å². The normalized spacial score (nSPS) is 13.1. The van der Waals surface area contributed by atoms with Crippen LogP contribution in [-0.2, 0) is 10.8 Å². The zero-order chi connectivity index (χ0) is 17.4. The number of rotatable bonds is 2. The summed E-state index contributed by atoms with van der Waals surface area (Å²) in [5.74, 6) is 0. The zero-order valence-corrected chi connectivity index (χ0v) is 18.1. The predicted octanol–water partition coefficient (Wildman–Crippen LogP) is 6.77. The predicted molar refractivity (Wildman–Crippen MR) is 112 cm³/mol. The third kappa shape index (κ3) is 4.37. The Morgan fingerprint density at radius 1 is 0.696 bits per heavy atom. The molecule has 0 unspecified atom stereocenters. The maximum absolute atomic E-state index is 2.47. The van der Waals surface area contributed by atoms with Crippen molar-refractivity contribution >= 4 is 19.8 Å². The fourth-order valence-electron chi connectivity index (χ4n) is 2.69. The average Bonchev–Trinajstić information content (AvgIpc) is 2.45. The first-order chi connectivity index (χ1) is 10.5. The molecule has 2 aromatic rings. The zero-order valence-electron chi connectivity index (χ0n) is 15.9. The van der Waals surface area contributed by atoms with Crippen LogP contribution in [0.4, 0.5) is 0 Å². The summed E-state index contributed by atoms with van der Waals surface area (Å²) in [6, 6.07) is 16.5. The number of alkyl halides is 1. The molecule has 0 heterocycles. The van der Waals surface area contributed by atoms with Crippen molar-refractivity contribution in [1.29, 1.82) is 0 Å². The molecule has 0 N–H and O–H groups in total. The summed E-state index contributed by atoms with van der Waals surface area (Å²) in [7, 11) is 0. The van der Waals surface area contributed by atoms with Crippen LogP contribution in [0, 0.1) is 14.1 Å². The minimum atomic E-state index is -1.30. The Bertz CT molecular complexity index is 667. The minimum absolute atomic E-state index is 0.227. The molecule has 1 heteroatoms. The monoisotopic (exact) mass is 422 g/mol. The first-order valence-corrected chi connectivity index (χ1v) is 12.6. The summed E-state index contributed by atoms with van der Waals surface area (Å²) < 4.78 is 3.14. The van der Waals surface area contributed by atoms with Gasteiger partial charge < -0.3 is 0 Å². The summed E-state index contributed by atoms with van der Waals surface area (Å²) in [5, 5.41) is 0. The second-order valence-corrected chi connectivity index (χ2v) is 13.5. The van der Waals surface area contributed by atoms with Crippen molar-refractivity contribution in [1.82, 2.24) is 0 Å².